The minimum atomic E-state index is -3.77. The summed E-state index contributed by atoms with van der Waals surface area (Å²) in [5.74, 6) is -0.0346. The minimum Gasteiger partial charge on any atom is -0.381 e. The van der Waals surface area contributed by atoms with E-state index in [-0.39, 0.29) is 16.1 Å². The Kier molecular flexibility index (Phi) is 3.51. The van der Waals surface area contributed by atoms with Crippen LogP contribution in [-0.4, -0.2) is 23.2 Å². The number of nitrogens with two attached hydrogens (primary N) is 1. The molecule has 110 valence electrons. The quantitative estimate of drug-likeness (QED) is 0.894. The molecule has 0 atom stereocenters. The van der Waals surface area contributed by atoms with Crippen LogP contribution < -0.4 is 10.5 Å². The molecule has 0 aliphatic rings. The van der Waals surface area contributed by atoms with Crippen molar-refractivity contribution >= 4 is 32.3 Å². The van der Waals surface area contributed by atoms with E-state index in [0.29, 0.717) is 5.13 Å². The molecular formula is C11H17N5O2S2. The van der Waals surface area contributed by atoms with Gasteiger partial charge in [0, 0.05) is 24.0 Å². The van der Waals surface area contributed by atoms with E-state index in [1.165, 1.54) is 22.2 Å². The average molecular weight is 315 g/mol. The second-order valence-corrected chi connectivity index (χ2v) is 7.95. The van der Waals surface area contributed by atoms with Gasteiger partial charge in [-0.1, -0.05) is 20.8 Å². The number of nitrogens with one attached hydrogen (secondary N) is 1. The number of anilines is 2. The molecule has 0 saturated heterocycles. The van der Waals surface area contributed by atoms with Crippen LogP contribution in [0.1, 0.15) is 26.5 Å². The van der Waals surface area contributed by atoms with Crippen LogP contribution in [0.15, 0.2) is 16.5 Å². The standard InChI is InChI=1S/C11H17N5O2S2/c1-11(2,3)8-6-19-10(13-8)15-20(17,18)7-5-16(4)14-9(7)12/h5-6H,1-4H3,(H2,12,14)(H,13,15). The number of nitrogen functional groups attached to an aromatic ring is 1. The van der Waals surface area contributed by atoms with E-state index in [0.717, 1.165) is 5.69 Å². The minimum absolute atomic E-state index is 0.0346. The van der Waals surface area contributed by atoms with Gasteiger partial charge in [0.25, 0.3) is 10.0 Å². The van der Waals surface area contributed by atoms with Crippen LogP contribution in [0, 0.1) is 0 Å². The molecule has 0 amide bonds. The highest BCUT2D eigenvalue weighted by Gasteiger charge is 2.23. The fourth-order valence-electron chi connectivity index (χ4n) is 1.53. The Labute approximate surface area is 121 Å². The van der Waals surface area contributed by atoms with Crippen molar-refractivity contribution in [2.24, 2.45) is 7.05 Å². The first-order valence-corrected chi connectivity index (χ1v) is 8.24. The molecule has 3 N–H and O–H groups in total. The van der Waals surface area contributed by atoms with Gasteiger partial charge in [0.15, 0.2) is 10.9 Å². The second kappa shape index (κ2) is 4.74. The summed E-state index contributed by atoms with van der Waals surface area (Å²) in [7, 11) is -2.16. The zero-order valence-corrected chi connectivity index (χ0v) is 13.3. The van der Waals surface area contributed by atoms with E-state index in [1.807, 2.05) is 26.2 Å². The summed E-state index contributed by atoms with van der Waals surface area (Å²) in [6, 6.07) is 0. The lowest BCUT2D eigenvalue weighted by Gasteiger charge is -2.14. The number of thiazole rings is 1. The molecule has 0 fully saturated rings. The Hall–Kier alpha value is -1.61. The summed E-state index contributed by atoms with van der Waals surface area (Å²) in [4.78, 5) is 4.24. The third-order valence-electron chi connectivity index (χ3n) is 2.61. The molecule has 7 nitrogen and oxygen atoms in total. The predicted octanol–water partition coefficient (Wildman–Crippen LogP) is 1.56. The van der Waals surface area contributed by atoms with Crippen LogP contribution in [0.2, 0.25) is 0 Å². The van der Waals surface area contributed by atoms with Gasteiger partial charge < -0.3 is 5.73 Å². The molecular weight excluding hydrogens is 298 g/mol. The largest absolute Gasteiger partial charge is 0.381 e. The first-order valence-electron chi connectivity index (χ1n) is 5.87. The van der Waals surface area contributed by atoms with Crippen LogP contribution in [0.3, 0.4) is 0 Å². The van der Waals surface area contributed by atoms with Gasteiger partial charge in [0.2, 0.25) is 0 Å². The highest BCUT2D eigenvalue weighted by Crippen LogP contribution is 2.28. The molecule has 0 aliphatic heterocycles. The Balaban J connectivity index is 2.29. The average Bonchev–Trinajstić information content (AvgIpc) is 2.84. The van der Waals surface area contributed by atoms with Crippen molar-refractivity contribution in [1.29, 1.82) is 0 Å². The number of nitrogens with zero attached hydrogens (tertiary/aromatic N) is 3. The Morgan fingerprint density at radius 1 is 1.40 bits per heavy atom. The van der Waals surface area contributed by atoms with Crippen molar-refractivity contribution < 1.29 is 8.42 Å². The number of hydrogen-bond donors (Lipinski definition) is 2. The molecule has 9 heteroatoms. The Bertz CT molecular complexity index is 724. The molecule has 2 rings (SSSR count). The van der Waals surface area contributed by atoms with Crippen LogP contribution >= 0.6 is 11.3 Å². The van der Waals surface area contributed by atoms with Crippen molar-refractivity contribution in [2.75, 3.05) is 10.5 Å². The predicted molar refractivity (Wildman–Crippen MR) is 79.2 cm³/mol. The molecule has 0 bridgehead atoms. The third-order valence-corrected chi connectivity index (χ3v) is 4.85. The van der Waals surface area contributed by atoms with E-state index in [1.54, 1.807) is 7.05 Å². The lowest BCUT2D eigenvalue weighted by Crippen LogP contribution is -2.15. The number of hydrogen-bond acceptors (Lipinski definition) is 6. The molecule has 0 aromatic carbocycles. The molecule has 20 heavy (non-hydrogen) atoms. The van der Waals surface area contributed by atoms with Crippen molar-refractivity contribution in [1.82, 2.24) is 14.8 Å². The maximum atomic E-state index is 12.2. The van der Waals surface area contributed by atoms with Gasteiger partial charge >= 0.3 is 0 Å². The number of sulfonamides is 1. The van der Waals surface area contributed by atoms with Crippen molar-refractivity contribution in [3.05, 3.63) is 17.3 Å². The normalized spacial score (nSPS) is 12.6. The van der Waals surface area contributed by atoms with Gasteiger partial charge in [-0.15, -0.1) is 11.3 Å². The summed E-state index contributed by atoms with van der Waals surface area (Å²) >= 11 is 1.24. The fourth-order valence-corrected chi connectivity index (χ4v) is 3.82. The Morgan fingerprint density at radius 3 is 2.50 bits per heavy atom. The summed E-state index contributed by atoms with van der Waals surface area (Å²) < 4.78 is 28.2. The Morgan fingerprint density at radius 2 is 2.05 bits per heavy atom. The third kappa shape index (κ3) is 2.93. The summed E-state index contributed by atoms with van der Waals surface area (Å²) in [6.45, 7) is 6.04. The van der Waals surface area contributed by atoms with Gasteiger partial charge in [-0.05, 0) is 0 Å². The zero-order chi connectivity index (χ0) is 15.1. The molecule has 2 aromatic rings. The van der Waals surface area contributed by atoms with Gasteiger partial charge in [-0.3, -0.25) is 9.40 Å². The molecule has 0 spiro atoms. The fraction of sp³-hybridized carbons (Fsp3) is 0.455. The van der Waals surface area contributed by atoms with Crippen molar-refractivity contribution in [2.45, 2.75) is 31.1 Å². The van der Waals surface area contributed by atoms with E-state index < -0.39 is 10.0 Å². The highest BCUT2D eigenvalue weighted by molar-refractivity contribution is 7.93. The lowest BCUT2D eigenvalue weighted by molar-refractivity contribution is 0.573. The highest BCUT2D eigenvalue weighted by atomic mass is 32.2. The topological polar surface area (TPSA) is 103 Å². The molecule has 2 aromatic heterocycles. The summed E-state index contributed by atoms with van der Waals surface area (Å²) in [5, 5.41) is 5.98. The van der Waals surface area contributed by atoms with Crippen LogP contribution in [0.4, 0.5) is 10.9 Å². The number of rotatable bonds is 3. The van der Waals surface area contributed by atoms with Crippen LogP contribution in [-0.2, 0) is 22.5 Å². The smallest absolute Gasteiger partial charge is 0.268 e. The van der Waals surface area contributed by atoms with E-state index >= 15 is 0 Å². The van der Waals surface area contributed by atoms with Gasteiger partial charge in [-0.25, -0.2) is 13.4 Å². The summed E-state index contributed by atoms with van der Waals surface area (Å²) in [6.07, 6.45) is 1.36. The van der Waals surface area contributed by atoms with E-state index in [9.17, 15) is 8.42 Å². The molecule has 0 radical (unpaired) electrons. The van der Waals surface area contributed by atoms with E-state index in [4.69, 9.17) is 5.73 Å². The lowest BCUT2D eigenvalue weighted by atomic mass is 9.93. The maximum Gasteiger partial charge on any atom is 0.268 e. The first-order chi connectivity index (χ1) is 9.09. The van der Waals surface area contributed by atoms with Gasteiger partial charge in [-0.2, -0.15) is 5.10 Å². The molecule has 0 aliphatic carbocycles. The zero-order valence-electron chi connectivity index (χ0n) is 11.7. The van der Waals surface area contributed by atoms with Crippen molar-refractivity contribution in [3.63, 3.8) is 0 Å². The van der Waals surface area contributed by atoms with E-state index in [2.05, 4.69) is 14.8 Å². The van der Waals surface area contributed by atoms with Gasteiger partial charge in [0.1, 0.15) is 4.90 Å². The van der Waals surface area contributed by atoms with Gasteiger partial charge in [0.05, 0.1) is 5.69 Å². The second-order valence-electron chi connectivity index (χ2n) is 5.45. The number of aromatic nitrogens is 3. The van der Waals surface area contributed by atoms with Crippen LogP contribution in [0.25, 0.3) is 0 Å². The molecule has 2 heterocycles. The maximum absolute atomic E-state index is 12.2. The first kappa shape index (κ1) is 14.8. The monoisotopic (exact) mass is 315 g/mol. The molecule has 0 saturated carbocycles. The van der Waals surface area contributed by atoms with Crippen molar-refractivity contribution in [3.8, 4) is 0 Å². The summed E-state index contributed by atoms with van der Waals surface area (Å²) in [5.41, 5.74) is 6.29. The number of aryl methyl sites for hydroxylation is 1. The molecule has 0 unspecified atom stereocenters. The van der Waals surface area contributed by atoms with Crippen LogP contribution in [0.5, 0.6) is 0 Å². The SMILES string of the molecule is Cn1cc(S(=O)(=O)Nc2nc(C(C)(C)C)cs2)c(N)n1.